The topological polar surface area (TPSA) is 95.9 Å². The van der Waals surface area contributed by atoms with Crippen molar-refractivity contribution in [1.82, 2.24) is 0 Å². The van der Waals surface area contributed by atoms with Gasteiger partial charge in [0, 0.05) is 23.1 Å². The van der Waals surface area contributed by atoms with Gasteiger partial charge < -0.3 is 20.3 Å². The van der Waals surface area contributed by atoms with Crippen molar-refractivity contribution in [3.63, 3.8) is 0 Å². The number of anilines is 1. The number of aliphatic hydroxyl groups is 1. The highest BCUT2D eigenvalue weighted by molar-refractivity contribution is 6.28. The van der Waals surface area contributed by atoms with Crippen LogP contribution in [0.5, 0.6) is 11.5 Å². The van der Waals surface area contributed by atoms with E-state index in [0.717, 1.165) is 33.0 Å². The van der Waals surface area contributed by atoms with Crippen molar-refractivity contribution in [2.75, 3.05) is 5.32 Å². The average Bonchev–Trinajstić information content (AvgIpc) is 3.22. The third-order valence-corrected chi connectivity index (χ3v) is 8.92. The van der Waals surface area contributed by atoms with Crippen LogP contribution in [-0.2, 0) is 17.3 Å². The smallest absolute Gasteiger partial charge is 0.197 e. The minimum absolute atomic E-state index is 0.192. The Bertz CT molecular complexity index is 1770. The summed E-state index contributed by atoms with van der Waals surface area (Å²) >= 11 is 0. The second kappa shape index (κ2) is 11.2. The van der Waals surface area contributed by atoms with Gasteiger partial charge in [-0.05, 0) is 62.9 Å². The Hall–Kier alpha value is -4.42. The first kappa shape index (κ1) is 30.6. The number of Topliss-reactive ketones (excluding diaryl/α,β-unsaturated/α-hetero) is 2. The van der Waals surface area contributed by atoms with Crippen LogP contribution < -0.4 is 10.1 Å². The highest BCUT2D eigenvalue weighted by Crippen LogP contribution is 2.41. The zero-order valence-electron chi connectivity index (χ0n) is 26.8. The van der Waals surface area contributed by atoms with Crippen LogP contribution in [0.15, 0.2) is 72.8 Å². The summed E-state index contributed by atoms with van der Waals surface area (Å²) in [6, 6.07) is 20.4. The van der Waals surface area contributed by atoms with E-state index >= 15 is 0 Å². The molecule has 2 unspecified atom stereocenters. The highest BCUT2D eigenvalue weighted by atomic mass is 16.6. The van der Waals surface area contributed by atoms with Gasteiger partial charge in [-0.25, -0.2) is 0 Å². The maximum Gasteiger partial charge on any atom is 0.197 e. The lowest BCUT2D eigenvalue weighted by molar-refractivity contribution is -0.0221. The number of hydrogen-bond acceptors (Lipinski definition) is 6. The Morgan fingerprint density at radius 3 is 1.96 bits per heavy atom. The number of nitrogens with one attached hydrogen (secondary N) is 1. The second-order valence-electron chi connectivity index (χ2n) is 14.4. The summed E-state index contributed by atoms with van der Waals surface area (Å²) in [5.74, 6) is -0.490. The molecule has 6 heteroatoms. The molecule has 1 heterocycles. The molecule has 1 aliphatic heterocycles. The van der Waals surface area contributed by atoms with Gasteiger partial charge in [-0.3, -0.25) is 9.59 Å². The molecule has 0 saturated carbocycles. The number of benzene rings is 4. The molecule has 1 aliphatic carbocycles. The van der Waals surface area contributed by atoms with Gasteiger partial charge in [-0.1, -0.05) is 102 Å². The van der Waals surface area contributed by atoms with Gasteiger partial charge in [0.2, 0.25) is 0 Å². The summed E-state index contributed by atoms with van der Waals surface area (Å²) in [6.07, 6.45) is 3.55. The Kier molecular flexibility index (Phi) is 7.60. The number of phenols is 1. The van der Waals surface area contributed by atoms with E-state index < -0.39 is 18.2 Å². The minimum Gasteiger partial charge on any atom is -0.507 e. The van der Waals surface area contributed by atoms with Crippen LogP contribution >= 0.6 is 0 Å². The van der Waals surface area contributed by atoms with E-state index in [4.69, 9.17) is 4.74 Å². The number of rotatable bonds is 6. The number of aromatic hydroxyl groups is 1. The molecule has 0 bridgehead atoms. The fourth-order valence-electron chi connectivity index (χ4n) is 6.46. The average molecular weight is 604 g/mol. The van der Waals surface area contributed by atoms with Crippen molar-refractivity contribution >= 4 is 34.1 Å². The lowest BCUT2D eigenvalue weighted by Gasteiger charge is -2.29. The van der Waals surface area contributed by atoms with E-state index in [0.29, 0.717) is 41.2 Å². The third-order valence-electron chi connectivity index (χ3n) is 8.92. The number of ether oxygens (including phenoxy) is 1. The van der Waals surface area contributed by atoms with Crippen molar-refractivity contribution in [2.45, 2.75) is 77.5 Å². The van der Waals surface area contributed by atoms with Gasteiger partial charge >= 0.3 is 0 Å². The summed E-state index contributed by atoms with van der Waals surface area (Å²) in [5.41, 5.74) is 4.70. The number of aliphatic hydroxyl groups excluding tert-OH is 1. The molecule has 0 saturated heterocycles. The lowest BCUT2D eigenvalue weighted by Crippen LogP contribution is -2.36. The van der Waals surface area contributed by atoms with Crippen LogP contribution in [0.2, 0.25) is 0 Å². The van der Waals surface area contributed by atoms with Crippen molar-refractivity contribution in [3.05, 3.63) is 106 Å². The molecule has 0 radical (unpaired) electrons. The van der Waals surface area contributed by atoms with Crippen LogP contribution in [0.1, 0.15) is 90.9 Å². The molecule has 2 atom stereocenters. The minimum atomic E-state index is -1.10. The summed E-state index contributed by atoms with van der Waals surface area (Å²) in [4.78, 5) is 27.1. The Balaban J connectivity index is 1.20. The SMILES string of the molecule is CC(C)(C)c1cc(CCC(O)Oc2cccc3c2NC(C2C(=O)c4cc5ccccc5cc4C2=O)C=C3)cc(C(C)(C)C)c1O. The van der Waals surface area contributed by atoms with Crippen LogP contribution in [0.3, 0.4) is 0 Å². The first-order valence-electron chi connectivity index (χ1n) is 15.6. The van der Waals surface area contributed by atoms with E-state index in [2.05, 4.69) is 46.9 Å². The molecular formula is C39H41NO5. The van der Waals surface area contributed by atoms with Crippen molar-refractivity contribution < 1.29 is 24.5 Å². The number of aryl methyl sites for hydroxylation is 1. The number of ketones is 2. The molecule has 6 nitrogen and oxygen atoms in total. The molecule has 4 aromatic rings. The fraction of sp³-hybridized carbons (Fsp3) is 0.333. The van der Waals surface area contributed by atoms with Crippen LogP contribution in [-0.4, -0.2) is 34.1 Å². The fourth-order valence-corrected chi connectivity index (χ4v) is 6.46. The van der Waals surface area contributed by atoms with Crippen molar-refractivity contribution in [2.24, 2.45) is 5.92 Å². The summed E-state index contributed by atoms with van der Waals surface area (Å²) in [5, 5.41) is 27.3. The number of fused-ring (bicyclic) bond motifs is 3. The molecular weight excluding hydrogens is 562 g/mol. The molecule has 0 aromatic heterocycles. The van der Waals surface area contributed by atoms with Gasteiger partial charge in [-0.2, -0.15) is 0 Å². The molecule has 0 fully saturated rings. The van der Waals surface area contributed by atoms with Crippen LogP contribution in [0, 0.1) is 5.92 Å². The predicted molar refractivity (Wildman–Crippen MR) is 179 cm³/mol. The molecule has 0 amide bonds. The normalized spacial score (nSPS) is 17.3. The Morgan fingerprint density at radius 1 is 0.822 bits per heavy atom. The standard InChI is InChI=1S/C39H41NO5/c1-38(2,3)28-18-22(19-29(37(28)44)39(4,5)6)14-17-32(41)45-31-13-9-12-23-15-16-30(40-34(23)31)33-35(42)26-20-24-10-7-8-11-25(24)21-27(26)36(33)43/h7-13,15-16,18-21,30,32-33,40-41,44H,14,17H2,1-6H3. The number of carbonyl (C=O) groups is 2. The Morgan fingerprint density at radius 2 is 1.40 bits per heavy atom. The monoisotopic (exact) mass is 603 g/mol. The van der Waals surface area contributed by atoms with E-state index in [9.17, 15) is 19.8 Å². The number of carbonyl (C=O) groups excluding carboxylic acids is 2. The van der Waals surface area contributed by atoms with Crippen LogP contribution in [0.25, 0.3) is 16.8 Å². The second-order valence-corrected chi connectivity index (χ2v) is 14.4. The highest BCUT2D eigenvalue weighted by Gasteiger charge is 2.44. The number of para-hydroxylation sites is 1. The van der Waals surface area contributed by atoms with Gasteiger partial charge in [-0.15, -0.1) is 0 Å². The lowest BCUT2D eigenvalue weighted by atomic mass is 9.78. The predicted octanol–water partition coefficient (Wildman–Crippen LogP) is 7.97. The molecule has 0 spiro atoms. The molecule has 4 aromatic carbocycles. The summed E-state index contributed by atoms with van der Waals surface area (Å²) in [7, 11) is 0. The van der Waals surface area contributed by atoms with Gasteiger partial charge in [0.25, 0.3) is 0 Å². The molecule has 232 valence electrons. The van der Waals surface area contributed by atoms with E-state index in [1.807, 2.05) is 72.8 Å². The first-order valence-corrected chi connectivity index (χ1v) is 15.6. The zero-order valence-corrected chi connectivity index (χ0v) is 26.8. The first-order chi connectivity index (χ1) is 21.2. The van der Waals surface area contributed by atoms with Gasteiger partial charge in [0.05, 0.1) is 11.7 Å². The van der Waals surface area contributed by atoms with Gasteiger partial charge in [0.1, 0.15) is 17.4 Å². The largest absolute Gasteiger partial charge is 0.507 e. The molecule has 3 N–H and O–H groups in total. The maximum atomic E-state index is 13.6. The molecule has 6 rings (SSSR count). The third kappa shape index (κ3) is 5.75. The van der Waals surface area contributed by atoms with Crippen molar-refractivity contribution in [3.8, 4) is 11.5 Å². The quantitative estimate of drug-likeness (QED) is 0.153. The Labute approximate surface area is 264 Å². The van der Waals surface area contributed by atoms with E-state index in [1.165, 1.54) is 0 Å². The summed E-state index contributed by atoms with van der Waals surface area (Å²) < 4.78 is 6.07. The van der Waals surface area contributed by atoms with Gasteiger partial charge in [0.15, 0.2) is 17.9 Å². The van der Waals surface area contributed by atoms with E-state index in [-0.39, 0.29) is 22.4 Å². The maximum absolute atomic E-state index is 13.6. The summed E-state index contributed by atoms with van der Waals surface area (Å²) in [6.45, 7) is 12.5. The number of hydrogen-bond donors (Lipinski definition) is 3. The number of phenolic OH excluding ortho intramolecular Hbond substituents is 1. The van der Waals surface area contributed by atoms with Crippen LogP contribution in [0.4, 0.5) is 5.69 Å². The molecule has 2 aliphatic rings. The zero-order chi connectivity index (χ0) is 32.3. The van der Waals surface area contributed by atoms with Crippen molar-refractivity contribution in [1.29, 1.82) is 0 Å². The molecule has 45 heavy (non-hydrogen) atoms. The van der Waals surface area contributed by atoms with E-state index in [1.54, 1.807) is 6.07 Å².